The molecule has 1 amide bonds. The summed E-state index contributed by atoms with van der Waals surface area (Å²) >= 11 is 1.28. The van der Waals surface area contributed by atoms with Crippen LogP contribution in [0.25, 0.3) is 16.1 Å². The fourth-order valence-corrected chi connectivity index (χ4v) is 7.47. The van der Waals surface area contributed by atoms with Crippen LogP contribution in [-0.2, 0) is 15.8 Å². The van der Waals surface area contributed by atoms with Crippen molar-refractivity contribution in [3.63, 3.8) is 0 Å². The molecule has 0 saturated carbocycles. The minimum atomic E-state index is -2.12. The summed E-state index contributed by atoms with van der Waals surface area (Å²) in [7, 11) is -2.12. The first kappa shape index (κ1) is 28.7. The fourth-order valence-electron chi connectivity index (χ4n) is 4.73. The minimum absolute atomic E-state index is 0.00357. The number of hydrogen-bond acceptors (Lipinski definition) is 10. The lowest BCUT2D eigenvalue weighted by Crippen LogP contribution is -2.66. The van der Waals surface area contributed by atoms with Crippen molar-refractivity contribution >= 4 is 42.4 Å². The van der Waals surface area contributed by atoms with Gasteiger partial charge in [0.15, 0.2) is 19.9 Å². The van der Waals surface area contributed by atoms with Crippen LogP contribution in [0.3, 0.4) is 0 Å². The number of carbonyl (C=O) groups excluding carboxylic acids is 2. The Labute approximate surface area is 232 Å². The lowest BCUT2D eigenvalue weighted by atomic mass is 9.77. The van der Waals surface area contributed by atoms with Crippen molar-refractivity contribution in [3.05, 3.63) is 40.9 Å². The van der Waals surface area contributed by atoms with Crippen LogP contribution >= 0.6 is 11.3 Å². The van der Waals surface area contributed by atoms with E-state index < -0.39 is 20.2 Å². The molecule has 0 radical (unpaired) electrons. The molecule has 1 unspecified atom stereocenters. The average Bonchev–Trinajstić information content (AvgIpc) is 3.39. The molecule has 11 nitrogen and oxygen atoms in total. The maximum atomic E-state index is 14.0. The number of nitrogens with two attached hydrogens (primary N) is 1. The molecular weight excluding hydrogens is 532 g/mol. The standard InChI is InChI=1S/C26H36N8O3SSi/c1-14(20-19(24(36)33-20)15(2)37-39(6,7)26(3,4)5)22(35)23-17(12-30-27)34-18(13-31-28)32-21(25(34)38-23)16-9-8-10-29-11-16/h8-11,13-15,19-20,27H,12,28H2,1-7H3,(H,33,36)/t14?,15-,19-,20-/m1/s1. The first-order valence-corrected chi connectivity index (χ1v) is 16.6. The number of nitrogens with one attached hydrogen (secondary N) is 2. The molecule has 0 spiro atoms. The van der Waals surface area contributed by atoms with E-state index in [-0.39, 0.29) is 35.4 Å². The van der Waals surface area contributed by atoms with Gasteiger partial charge in [0.2, 0.25) is 5.91 Å². The third-order valence-corrected chi connectivity index (χ3v) is 13.7. The average molecular weight is 569 g/mol. The molecule has 1 fully saturated rings. The Morgan fingerprint density at radius 3 is 2.67 bits per heavy atom. The number of thiazole rings is 1. The zero-order valence-electron chi connectivity index (χ0n) is 23.3. The molecule has 208 valence electrons. The zero-order valence-corrected chi connectivity index (χ0v) is 25.2. The summed E-state index contributed by atoms with van der Waals surface area (Å²) < 4.78 is 8.31. The van der Waals surface area contributed by atoms with Crippen molar-refractivity contribution < 1.29 is 14.0 Å². The fraction of sp³-hybridized carbons (Fsp3) is 0.500. The molecule has 0 bridgehead atoms. The van der Waals surface area contributed by atoms with E-state index in [0.717, 1.165) is 5.56 Å². The summed E-state index contributed by atoms with van der Waals surface area (Å²) in [4.78, 5) is 36.7. The largest absolute Gasteiger partial charge is 0.413 e. The van der Waals surface area contributed by atoms with Gasteiger partial charge in [-0.05, 0) is 37.2 Å². The van der Waals surface area contributed by atoms with E-state index in [4.69, 9.17) is 15.8 Å². The van der Waals surface area contributed by atoms with E-state index in [1.807, 2.05) is 26.0 Å². The highest BCUT2D eigenvalue weighted by Crippen LogP contribution is 2.41. The second-order valence-corrected chi connectivity index (χ2v) is 17.2. The maximum absolute atomic E-state index is 14.0. The molecule has 0 aromatic carbocycles. The van der Waals surface area contributed by atoms with E-state index in [2.05, 4.69) is 59.4 Å². The third kappa shape index (κ3) is 5.17. The first-order chi connectivity index (χ1) is 18.3. The van der Waals surface area contributed by atoms with Gasteiger partial charge in [-0.3, -0.25) is 19.0 Å². The highest BCUT2D eigenvalue weighted by molar-refractivity contribution is 7.20. The van der Waals surface area contributed by atoms with Crippen molar-refractivity contribution in [1.82, 2.24) is 19.7 Å². The van der Waals surface area contributed by atoms with Gasteiger partial charge < -0.3 is 15.6 Å². The Morgan fingerprint density at radius 1 is 1.38 bits per heavy atom. The Hall–Kier alpha value is -3.29. The van der Waals surface area contributed by atoms with E-state index in [1.54, 1.807) is 16.8 Å². The monoisotopic (exact) mass is 568 g/mol. The molecule has 4 atom stereocenters. The summed E-state index contributed by atoms with van der Waals surface area (Å²) in [6.45, 7) is 14.5. The second kappa shape index (κ2) is 10.7. The van der Waals surface area contributed by atoms with E-state index in [9.17, 15) is 9.59 Å². The number of imidazole rings is 1. The molecular formula is C26H36N8O3SSi. The number of aromatic nitrogens is 3. The Kier molecular flexibility index (Phi) is 7.88. The number of β-lactam (4-membered cyclic amide) rings is 1. The topological polar surface area (TPSA) is 160 Å². The molecule has 13 heteroatoms. The molecule has 1 aliphatic heterocycles. The molecule has 1 aliphatic rings. The van der Waals surface area contributed by atoms with Crippen LogP contribution in [0.2, 0.25) is 18.1 Å². The van der Waals surface area contributed by atoms with Gasteiger partial charge in [0.05, 0.1) is 34.8 Å². The number of fused-ring (bicyclic) bond motifs is 1. The molecule has 39 heavy (non-hydrogen) atoms. The van der Waals surface area contributed by atoms with Crippen LogP contribution in [0.4, 0.5) is 0 Å². The van der Waals surface area contributed by atoms with E-state index >= 15 is 0 Å². The number of Topliss-reactive ketones (excluding diaryl/α,β-unsaturated/α-hetero) is 1. The summed E-state index contributed by atoms with van der Waals surface area (Å²) in [6.07, 6.45) is 4.46. The number of carbonyl (C=O) groups is 2. The van der Waals surface area contributed by atoms with Crippen molar-refractivity contribution in [2.24, 2.45) is 27.9 Å². The molecule has 4 N–H and O–H groups in total. The van der Waals surface area contributed by atoms with Gasteiger partial charge in [-0.2, -0.15) is 10.2 Å². The van der Waals surface area contributed by atoms with Crippen molar-refractivity contribution in [3.8, 4) is 11.3 Å². The van der Waals surface area contributed by atoms with Crippen molar-refractivity contribution in [2.45, 2.75) is 71.4 Å². The van der Waals surface area contributed by atoms with Crippen LogP contribution in [0.1, 0.15) is 55.8 Å². The van der Waals surface area contributed by atoms with Gasteiger partial charge in [-0.25, -0.2) is 10.5 Å². The van der Waals surface area contributed by atoms with Gasteiger partial charge in [0.1, 0.15) is 17.1 Å². The minimum Gasteiger partial charge on any atom is -0.413 e. The highest BCUT2D eigenvalue weighted by Gasteiger charge is 2.50. The lowest BCUT2D eigenvalue weighted by molar-refractivity contribution is -0.141. The van der Waals surface area contributed by atoms with Gasteiger partial charge >= 0.3 is 0 Å². The normalized spacial score (nSPS) is 19.6. The van der Waals surface area contributed by atoms with Crippen molar-refractivity contribution in [2.75, 3.05) is 0 Å². The number of amides is 1. The molecule has 3 aromatic rings. The van der Waals surface area contributed by atoms with Gasteiger partial charge in [-0.15, -0.1) is 11.3 Å². The van der Waals surface area contributed by atoms with Gasteiger partial charge in [-0.1, -0.05) is 27.7 Å². The van der Waals surface area contributed by atoms with Crippen LogP contribution in [0.5, 0.6) is 0 Å². The molecule has 1 saturated heterocycles. The summed E-state index contributed by atoms with van der Waals surface area (Å²) in [5.41, 5.74) is 9.51. The Morgan fingerprint density at radius 2 is 2.10 bits per heavy atom. The summed E-state index contributed by atoms with van der Waals surface area (Å²) in [5.74, 6) is 4.70. The Bertz CT molecular complexity index is 1430. The molecule has 0 aliphatic carbocycles. The SMILES string of the molecule is CC(C(=O)c1sc2c(-c3cccnc3)nc(C=NN)n2c1CN=N)[C@H]1NC(=O)[C@@H]1[C@@H](C)O[Si](C)(C)C(C)(C)C. The first-order valence-electron chi connectivity index (χ1n) is 12.9. The summed E-state index contributed by atoms with van der Waals surface area (Å²) in [5, 5.41) is 10.2. The van der Waals surface area contributed by atoms with Crippen LogP contribution in [0.15, 0.2) is 34.7 Å². The predicted octanol–water partition coefficient (Wildman–Crippen LogP) is 4.63. The zero-order chi connectivity index (χ0) is 28.7. The van der Waals surface area contributed by atoms with Crippen LogP contribution < -0.4 is 11.2 Å². The Balaban J connectivity index is 1.71. The van der Waals surface area contributed by atoms with Crippen LogP contribution in [0, 0.1) is 17.4 Å². The highest BCUT2D eigenvalue weighted by atomic mass is 32.1. The number of hydrazone groups is 1. The predicted molar refractivity (Wildman–Crippen MR) is 154 cm³/mol. The molecule has 4 rings (SSSR count). The lowest BCUT2D eigenvalue weighted by Gasteiger charge is -2.46. The number of pyridine rings is 1. The van der Waals surface area contributed by atoms with Gasteiger partial charge in [0.25, 0.3) is 0 Å². The van der Waals surface area contributed by atoms with E-state index in [1.165, 1.54) is 17.6 Å². The number of nitrogens with zero attached hydrogens (tertiary/aromatic N) is 5. The quantitative estimate of drug-likeness (QED) is 0.0615. The smallest absolute Gasteiger partial charge is 0.228 e. The number of hydrogen-bond donors (Lipinski definition) is 3. The molecule has 4 heterocycles. The number of rotatable bonds is 10. The number of ketones is 1. The summed E-state index contributed by atoms with van der Waals surface area (Å²) in [6, 6.07) is 3.33. The second-order valence-electron chi connectivity index (χ2n) is 11.5. The van der Waals surface area contributed by atoms with E-state index in [0.29, 0.717) is 26.9 Å². The van der Waals surface area contributed by atoms with Crippen molar-refractivity contribution in [1.29, 1.82) is 5.53 Å². The molecule has 3 aromatic heterocycles. The third-order valence-electron chi connectivity index (χ3n) is 7.91. The maximum Gasteiger partial charge on any atom is 0.228 e. The van der Waals surface area contributed by atoms with Crippen LogP contribution in [-0.4, -0.2) is 52.7 Å². The van der Waals surface area contributed by atoms with Gasteiger partial charge in [0, 0.05) is 23.9 Å².